The first-order valence-electron chi connectivity index (χ1n) is 9.18. The summed E-state index contributed by atoms with van der Waals surface area (Å²) in [6.07, 6.45) is 3.82. The Balaban J connectivity index is 1.74. The summed E-state index contributed by atoms with van der Waals surface area (Å²) in [5.74, 6) is -1.62. The van der Waals surface area contributed by atoms with Crippen molar-refractivity contribution < 1.29 is 23.5 Å². The Morgan fingerprint density at radius 3 is 2.93 bits per heavy atom. The van der Waals surface area contributed by atoms with E-state index in [0.717, 1.165) is 0 Å². The summed E-state index contributed by atoms with van der Waals surface area (Å²) in [6, 6.07) is 5.23. The van der Waals surface area contributed by atoms with Gasteiger partial charge in [0.15, 0.2) is 0 Å². The van der Waals surface area contributed by atoms with Gasteiger partial charge in [-0.3, -0.25) is 9.59 Å². The van der Waals surface area contributed by atoms with E-state index in [2.05, 4.69) is 15.6 Å². The zero-order chi connectivity index (χ0) is 20.1. The molecule has 0 bridgehead atoms. The number of fused-ring (bicyclic) bond motifs is 1. The maximum Gasteiger partial charge on any atom is 0.330 e. The SMILES string of the molecule is CCOC(=O)/C=C/C(CC1CCNC1=O)NC(=O)c1cc2cc(F)ccc2[nH]1. The van der Waals surface area contributed by atoms with Crippen LogP contribution in [0.25, 0.3) is 10.9 Å². The van der Waals surface area contributed by atoms with Gasteiger partial charge in [0.25, 0.3) is 5.91 Å². The van der Waals surface area contributed by atoms with E-state index in [1.807, 2.05) is 0 Å². The Labute approximate surface area is 161 Å². The second-order valence-corrected chi connectivity index (χ2v) is 6.62. The molecule has 7 nitrogen and oxygen atoms in total. The van der Waals surface area contributed by atoms with Crippen molar-refractivity contribution in [3.63, 3.8) is 0 Å². The maximum atomic E-state index is 13.4. The fourth-order valence-electron chi connectivity index (χ4n) is 3.22. The summed E-state index contributed by atoms with van der Waals surface area (Å²) >= 11 is 0. The van der Waals surface area contributed by atoms with Gasteiger partial charge in [-0.05, 0) is 44.0 Å². The molecule has 2 aromatic rings. The standard InChI is InChI=1S/C20H22FN3O4/c1-2-28-18(25)6-4-15(10-12-7-8-22-19(12)26)23-20(27)17-11-13-9-14(21)3-5-16(13)24-17/h3-6,9,11-12,15,24H,2,7-8,10H2,1H3,(H,22,26)(H,23,27)/b6-4+. The number of H-pyrrole nitrogens is 1. The average Bonchev–Trinajstić information content (AvgIpc) is 3.25. The van der Waals surface area contributed by atoms with Gasteiger partial charge in [-0.25, -0.2) is 9.18 Å². The number of aromatic nitrogens is 1. The smallest absolute Gasteiger partial charge is 0.330 e. The molecule has 0 spiro atoms. The number of hydrogen-bond donors (Lipinski definition) is 3. The number of rotatable bonds is 7. The van der Waals surface area contributed by atoms with Gasteiger partial charge in [0.2, 0.25) is 5.91 Å². The minimum Gasteiger partial charge on any atom is -0.463 e. The Morgan fingerprint density at radius 2 is 2.21 bits per heavy atom. The molecule has 1 fully saturated rings. The number of carbonyl (C=O) groups excluding carboxylic acids is 3. The van der Waals surface area contributed by atoms with Gasteiger partial charge in [-0.2, -0.15) is 0 Å². The first-order chi connectivity index (χ1) is 13.5. The van der Waals surface area contributed by atoms with Gasteiger partial charge in [-0.15, -0.1) is 0 Å². The van der Waals surface area contributed by atoms with Crippen molar-refractivity contribution in [2.24, 2.45) is 5.92 Å². The molecule has 0 radical (unpaired) electrons. The molecule has 2 unspecified atom stereocenters. The highest BCUT2D eigenvalue weighted by Crippen LogP contribution is 2.19. The Hall–Kier alpha value is -3.16. The van der Waals surface area contributed by atoms with Crippen LogP contribution in [-0.4, -0.2) is 42.0 Å². The molecule has 1 saturated heterocycles. The van der Waals surface area contributed by atoms with E-state index in [4.69, 9.17) is 4.74 Å². The number of hydrogen-bond acceptors (Lipinski definition) is 4. The van der Waals surface area contributed by atoms with Crippen LogP contribution in [0.3, 0.4) is 0 Å². The van der Waals surface area contributed by atoms with Crippen LogP contribution in [0.4, 0.5) is 4.39 Å². The first kappa shape index (κ1) is 19.6. The summed E-state index contributed by atoms with van der Waals surface area (Å²) < 4.78 is 18.2. The number of benzene rings is 1. The molecule has 3 N–H and O–H groups in total. The van der Waals surface area contributed by atoms with Crippen LogP contribution < -0.4 is 10.6 Å². The van der Waals surface area contributed by atoms with Crippen molar-refractivity contribution in [1.29, 1.82) is 0 Å². The van der Waals surface area contributed by atoms with Crippen molar-refractivity contribution >= 4 is 28.7 Å². The van der Waals surface area contributed by atoms with Crippen LogP contribution in [-0.2, 0) is 14.3 Å². The number of esters is 1. The highest BCUT2D eigenvalue weighted by atomic mass is 19.1. The second kappa shape index (κ2) is 8.69. The van der Waals surface area contributed by atoms with Crippen molar-refractivity contribution in [2.45, 2.75) is 25.8 Å². The normalized spacial score (nSPS) is 17.6. The van der Waals surface area contributed by atoms with Crippen molar-refractivity contribution in [2.75, 3.05) is 13.2 Å². The summed E-state index contributed by atoms with van der Waals surface area (Å²) in [5.41, 5.74) is 0.909. The predicted molar refractivity (Wildman–Crippen MR) is 101 cm³/mol. The largest absolute Gasteiger partial charge is 0.463 e. The Bertz CT molecular complexity index is 921. The van der Waals surface area contributed by atoms with Crippen molar-refractivity contribution in [3.05, 3.63) is 47.9 Å². The lowest BCUT2D eigenvalue weighted by molar-refractivity contribution is -0.137. The molecule has 1 aromatic carbocycles. The summed E-state index contributed by atoms with van der Waals surface area (Å²) in [4.78, 5) is 39.1. The van der Waals surface area contributed by atoms with Gasteiger partial charge in [-0.1, -0.05) is 6.08 Å². The predicted octanol–water partition coefficient (Wildman–Crippen LogP) is 2.05. The summed E-state index contributed by atoms with van der Waals surface area (Å²) in [5, 5.41) is 6.16. The molecule has 0 aliphatic carbocycles. The number of amides is 2. The molecule has 1 aliphatic rings. The zero-order valence-electron chi connectivity index (χ0n) is 15.5. The lowest BCUT2D eigenvalue weighted by Crippen LogP contribution is -2.36. The Kier molecular flexibility index (Phi) is 6.08. The van der Waals surface area contributed by atoms with Crippen LogP contribution in [0.2, 0.25) is 0 Å². The van der Waals surface area contributed by atoms with Crippen LogP contribution >= 0.6 is 0 Å². The minimum absolute atomic E-state index is 0.0649. The van der Waals surface area contributed by atoms with Gasteiger partial charge in [0.1, 0.15) is 11.5 Å². The van der Waals surface area contributed by atoms with Gasteiger partial charge < -0.3 is 20.4 Å². The third kappa shape index (κ3) is 4.76. The van der Waals surface area contributed by atoms with E-state index in [9.17, 15) is 18.8 Å². The highest BCUT2D eigenvalue weighted by Gasteiger charge is 2.27. The molecule has 1 aliphatic heterocycles. The molecule has 8 heteroatoms. The third-order valence-electron chi connectivity index (χ3n) is 4.60. The molecule has 3 rings (SSSR count). The van der Waals surface area contributed by atoms with Crippen LogP contribution in [0.1, 0.15) is 30.3 Å². The zero-order valence-corrected chi connectivity index (χ0v) is 15.5. The minimum atomic E-state index is -0.533. The van der Waals surface area contributed by atoms with Crippen LogP contribution in [0.15, 0.2) is 36.4 Å². The molecule has 2 atom stereocenters. The van der Waals surface area contributed by atoms with Crippen LogP contribution in [0, 0.1) is 11.7 Å². The fourth-order valence-corrected chi connectivity index (χ4v) is 3.22. The highest BCUT2D eigenvalue weighted by molar-refractivity contribution is 5.98. The first-order valence-corrected chi connectivity index (χ1v) is 9.18. The molecule has 0 saturated carbocycles. The molecule has 1 aromatic heterocycles. The van der Waals surface area contributed by atoms with E-state index in [0.29, 0.717) is 30.3 Å². The lowest BCUT2D eigenvalue weighted by atomic mass is 9.98. The van der Waals surface area contributed by atoms with Crippen molar-refractivity contribution in [3.8, 4) is 0 Å². The summed E-state index contributed by atoms with van der Waals surface area (Å²) in [7, 11) is 0. The number of nitrogens with one attached hydrogen (secondary N) is 3. The quantitative estimate of drug-likeness (QED) is 0.500. The van der Waals surface area contributed by atoms with Gasteiger partial charge in [0.05, 0.1) is 6.61 Å². The van der Waals surface area contributed by atoms with E-state index in [1.165, 1.54) is 24.3 Å². The number of carbonyl (C=O) groups is 3. The molecule has 2 amide bonds. The topological polar surface area (TPSA) is 100 Å². The number of aromatic amines is 1. The van der Waals surface area contributed by atoms with Crippen LogP contribution in [0.5, 0.6) is 0 Å². The molecular formula is C20H22FN3O4. The molecular weight excluding hydrogens is 365 g/mol. The number of halogens is 1. The van der Waals surface area contributed by atoms with E-state index in [1.54, 1.807) is 19.1 Å². The third-order valence-corrected chi connectivity index (χ3v) is 4.60. The molecule has 28 heavy (non-hydrogen) atoms. The van der Waals surface area contributed by atoms with E-state index < -0.39 is 17.9 Å². The maximum absolute atomic E-state index is 13.4. The number of ether oxygens (including phenoxy) is 1. The molecule has 148 valence electrons. The monoisotopic (exact) mass is 387 g/mol. The van der Waals surface area contributed by atoms with Gasteiger partial charge in [0, 0.05) is 35.5 Å². The molecule has 2 heterocycles. The lowest BCUT2D eigenvalue weighted by Gasteiger charge is -2.17. The average molecular weight is 387 g/mol. The summed E-state index contributed by atoms with van der Waals surface area (Å²) in [6.45, 7) is 2.54. The van der Waals surface area contributed by atoms with E-state index in [-0.39, 0.29) is 29.9 Å². The second-order valence-electron chi connectivity index (χ2n) is 6.62. The van der Waals surface area contributed by atoms with Gasteiger partial charge >= 0.3 is 5.97 Å². The Morgan fingerprint density at radius 1 is 1.39 bits per heavy atom. The van der Waals surface area contributed by atoms with Crippen molar-refractivity contribution in [1.82, 2.24) is 15.6 Å². The fraction of sp³-hybridized carbons (Fsp3) is 0.350. The van der Waals surface area contributed by atoms with E-state index >= 15 is 0 Å².